The van der Waals surface area contributed by atoms with Gasteiger partial charge in [0.1, 0.15) is 5.69 Å². The number of benzene rings is 2. The number of hydrogen-bond acceptors (Lipinski definition) is 4. The highest BCUT2D eigenvalue weighted by Crippen LogP contribution is 2.45. The quantitative estimate of drug-likeness (QED) is 0.390. The van der Waals surface area contributed by atoms with Crippen LogP contribution in [-0.2, 0) is 13.5 Å². The van der Waals surface area contributed by atoms with Crippen molar-refractivity contribution in [2.24, 2.45) is 7.05 Å². The zero-order valence-corrected chi connectivity index (χ0v) is 19.8. The Labute approximate surface area is 205 Å². The second-order valence-corrected chi connectivity index (χ2v) is 9.40. The Balaban J connectivity index is 1.45. The van der Waals surface area contributed by atoms with Gasteiger partial charge in [-0.05, 0) is 56.4 Å². The zero-order valence-electron chi connectivity index (χ0n) is 19.8. The van der Waals surface area contributed by atoms with Crippen LogP contribution in [-0.4, -0.2) is 41.6 Å². The van der Waals surface area contributed by atoms with Crippen molar-refractivity contribution >= 4 is 5.91 Å². The molecule has 2 unspecified atom stereocenters. The summed E-state index contributed by atoms with van der Waals surface area (Å²) in [4.78, 5) is 17.4. The van der Waals surface area contributed by atoms with Crippen LogP contribution in [0.15, 0.2) is 42.7 Å². The van der Waals surface area contributed by atoms with Crippen molar-refractivity contribution in [3.8, 4) is 16.9 Å². The van der Waals surface area contributed by atoms with Crippen molar-refractivity contribution in [3.05, 3.63) is 82.6 Å². The normalized spacial score (nSPS) is 18.9. The van der Waals surface area contributed by atoms with E-state index in [1.165, 1.54) is 4.80 Å². The number of aromatic nitrogens is 5. The van der Waals surface area contributed by atoms with E-state index < -0.39 is 17.5 Å². The van der Waals surface area contributed by atoms with Crippen molar-refractivity contribution in [2.75, 3.05) is 0 Å². The first-order valence-electron chi connectivity index (χ1n) is 11.8. The van der Waals surface area contributed by atoms with Crippen LogP contribution in [0, 0.1) is 24.4 Å². The number of fused-ring (bicyclic) bond motifs is 4. The Morgan fingerprint density at radius 2 is 1.78 bits per heavy atom. The molecule has 2 aliphatic heterocycles. The van der Waals surface area contributed by atoms with Crippen LogP contribution in [0.3, 0.4) is 0 Å². The van der Waals surface area contributed by atoms with Gasteiger partial charge in [0.2, 0.25) is 0 Å². The average Bonchev–Trinajstić information content (AvgIpc) is 3.49. The summed E-state index contributed by atoms with van der Waals surface area (Å²) in [6, 6.07) is 7.15. The number of hydrogen-bond donors (Lipinski definition) is 0. The first-order valence-corrected chi connectivity index (χ1v) is 11.8. The number of amides is 1. The Hall–Kier alpha value is -3.95. The summed E-state index contributed by atoms with van der Waals surface area (Å²) >= 11 is 0. The van der Waals surface area contributed by atoms with E-state index in [1.54, 1.807) is 30.2 Å². The lowest BCUT2D eigenvalue weighted by molar-refractivity contribution is 0.0391. The monoisotopic (exact) mass is 492 g/mol. The largest absolute Gasteiger partial charge is 0.327 e. The Morgan fingerprint density at radius 3 is 2.50 bits per heavy atom. The predicted octanol–water partition coefficient (Wildman–Crippen LogP) is 4.69. The maximum absolute atomic E-state index is 14.1. The van der Waals surface area contributed by atoms with Crippen LogP contribution in [0.5, 0.6) is 0 Å². The fraction of sp³-hybridized carbons (Fsp3) is 0.308. The summed E-state index contributed by atoms with van der Waals surface area (Å²) in [5.74, 6) is -4.11. The lowest BCUT2D eigenvalue weighted by atomic mass is 9.81. The lowest BCUT2D eigenvalue weighted by Gasteiger charge is -2.45. The van der Waals surface area contributed by atoms with E-state index in [9.17, 15) is 18.0 Å². The smallest absolute Gasteiger partial charge is 0.256 e. The van der Waals surface area contributed by atoms with Crippen molar-refractivity contribution in [2.45, 2.75) is 44.7 Å². The van der Waals surface area contributed by atoms with Crippen LogP contribution in [0.1, 0.15) is 52.5 Å². The third-order valence-corrected chi connectivity index (χ3v) is 7.25. The number of rotatable bonds is 3. The zero-order chi connectivity index (χ0) is 25.1. The first-order chi connectivity index (χ1) is 17.3. The molecule has 2 aromatic carbocycles. The molecule has 36 heavy (non-hydrogen) atoms. The van der Waals surface area contributed by atoms with Crippen LogP contribution >= 0.6 is 0 Å². The minimum Gasteiger partial charge on any atom is -0.327 e. The van der Waals surface area contributed by atoms with Gasteiger partial charge in [0.15, 0.2) is 17.5 Å². The Bertz CT molecular complexity index is 1470. The van der Waals surface area contributed by atoms with E-state index in [0.717, 1.165) is 42.5 Å². The molecule has 7 nitrogen and oxygen atoms in total. The second kappa shape index (κ2) is 8.32. The van der Waals surface area contributed by atoms with E-state index in [0.29, 0.717) is 29.1 Å². The summed E-state index contributed by atoms with van der Waals surface area (Å²) in [5.41, 5.74) is 4.35. The minimum atomic E-state index is -1.50. The number of carbonyl (C=O) groups is 1. The molecule has 184 valence electrons. The number of piperidine rings is 1. The highest BCUT2D eigenvalue weighted by molar-refractivity contribution is 5.99. The number of aryl methyl sites for hydroxylation is 2. The molecule has 0 saturated carbocycles. The summed E-state index contributed by atoms with van der Waals surface area (Å²) in [5, 5.41) is 13.2. The molecule has 0 aliphatic carbocycles. The summed E-state index contributed by atoms with van der Waals surface area (Å²) in [7, 11) is 1.70. The molecule has 1 amide bonds. The van der Waals surface area contributed by atoms with Gasteiger partial charge in [-0.3, -0.25) is 9.48 Å². The molecule has 1 fully saturated rings. The SMILES string of the molecule is Cc1cccc(C(=O)N2C3CCCC2c2nn(C)c(-c4cc(F)c(F)c(F)c4)c2C3)c1-n1nccn1. The molecule has 6 rings (SSSR count). The number of halogens is 3. The van der Waals surface area contributed by atoms with Gasteiger partial charge >= 0.3 is 0 Å². The molecular weight excluding hydrogens is 469 g/mol. The Morgan fingerprint density at radius 1 is 1.06 bits per heavy atom. The molecule has 0 radical (unpaired) electrons. The Kier molecular flexibility index (Phi) is 5.20. The number of carbonyl (C=O) groups excluding carboxylic acids is 1. The standard InChI is InChI=1S/C26H23F3N6O/c1-14-5-3-7-17(24(14)35-30-9-10-31-35)26(36)34-16-6-4-8-21(34)23-18(13-16)25(33(2)32-23)15-11-19(27)22(29)20(28)12-15/h3,5,7,9-12,16,21H,4,6,8,13H2,1-2H3. The molecule has 2 atom stereocenters. The number of para-hydroxylation sites is 1. The average molecular weight is 493 g/mol. The van der Waals surface area contributed by atoms with Gasteiger partial charge in [-0.25, -0.2) is 13.2 Å². The second-order valence-electron chi connectivity index (χ2n) is 9.40. The number of nitrogens with zero attached hydrogens (tertiary/aromatic N) is 6. The fourth-order valence-electron chi connectivity index (χ4n) is 5.77. The van der Waals surface area contributed by atoms with E-state index in [2.05, 4.69) is 10.2 Å². The predicted molar refractivity (Wildman–Crippen MR) is 125 cm³/mol. The third kappa shape index (κ3) is 3.35. The van der Waals surface area contributed by atoms with Crippen molar-refractivity contribution in [1.82, 2.24) is 29.7 Å². The van der Waals surface area contributed by atoms with Gasteiger partial charge in [0, 0.05) is 24.2 Å². The highest BCUT2D eigenvalue weighted by atomic mass is 19.2. The molecule has 2 bridgehead atoms. The van der Waals surface area contributed by atoms with Crippen LogP contribution in [0.4, 0.5) is 13.2 Å². The van der Waals surface area contributed by atoms with Crippen molar-refractivity contribution in [3.63, 3.8) is 0 Å². The summed E-state index contributed by atoms with van der Waals surface area (Å²) in [6.07, 6.45) is 6.08. The fourth-order valence-corrected chi connectivity index (χ4v) is 5.77. The summed E-state index contributed by atoms with van der Waals surface area (Å²) < 4.78 is 43.3. The molecular formula is C26H23F3N6O. The van der Waals surface area contributed by atoms with Gasteiger partial charge in [0.05, 0.1) is 35.4 Å². The molecule has 4 heterocycles. The molecule has 2 aromatic heterocycles. The lowest BCUT2D eigenvalue weighted by Crippen LogP contribution is -2.50. The van der Waals surface area contributed by atoms with Crippen LogP contribution in [0.2, 0.25) is 0 Å². The van der Waals surface area contributed by atoms with Crippen molar-refractivity contribution < 1.29 is 18.0 Å². The molecule has 2 aliphatic rings. The molecule has 4 aromatic rings. The molecule has 1 saturated heterocycles. The molecule has 0 N–H and O–H groups in total. The third-order valence-electron chi connectivity index (χ3n) is 7.25. The minimum absolute atomic E-state index is 0.110. The van der Waals surface area contributed by atoms with E-state index in [-0.39, 0.29) is 23.6 Å². The van der Waals surface area contributed by atoms with Gasteiger partial charge in [-0.15, -0.1) is 0 Å². The molecule has 10 heteroatoms. The van der Waals surface area contributed by atoms with E-state index in [1.807, 2.05) is 24.0 Å². The van der Waals surface area contributed by atoms with Gasteiger partial charge in [-0.2, -0.15) is 20.1 Å². The highest BCUT2D eigenvalue weighted by Gasteiger charge is 2.44. The van der Waals surface area contributed by atoms with Crippen LogP contribution < -0.4 is 0 Å². The topological polar surface area (TPSA) is 68.8 Å². The van der Waals surface area contributed by atoms with Crippen LogP contribution in [0.25, 0.3) is 16.9 Å². The van der Waals surface area contributed by atoms with Crippen molar-refractivity contribution in [1.29, 1.82) is 0 Å². The maximum Gasteiger partial charge on any atom is 0.256 e. The van der Waals surface area contributed by atoms with Gasteiger partial charge < -0.3 is 4.90 Å². The molecule has 0 spiro atoms. The van der Waals surface area contributed by atoms with Gasteiger partial charge in [-0.1, -0.05) is 12.1 Å². The first kappa shape index (κ1) is 22.5. The van der Waals surface area contributed by atoms with E-state index in [4.69, 9.17) is 5.10 Å². The summed E-state index contributed by atoms with van der Waals surface area (Å²) in [6.45, 7) is 1.91. The van der Waals surface area contributed by atoms with Gasteiger partial charge in [0.25, 0.3) is 5.91 Å². The maximum atomic E-state index is 14.1. The van der Waals surface area contributed by atoms with E-state index >= 15 is 0 Å².